The second-order valence-corrected chi connectivity index (χ2v) is 4.26. The summed E-state index contributed by atoms with van der Waals surface area (Å²) >= 11 is 0. The Balaban J connectivity index is 2.00. The number of carboxylic acid groups (broad SMARTS) is 1. The van der Waals surface area contributed by atoms with Crippen molar-refractivity contribution in [3.8, 4) is 17.3 Å². The molecule has 0 saturated carbocycles. The van der Waals surface area contributed by atoms with Crippen LogP contribution in [0.25, 0.3) is 17.3 Å². The number of aromatic carboxylic acids is 1. The van der Waals surface area contributed by atoms with Crippen molar-refractivity contribution in [1.29, 1.82) is 0 Å². The van der Waals surface area contributed by atoms with Gasteiger partial charge in [-0.1, -0.05) is 30.3 Å². The van der Waals surface area contributed by atoms with Crippen molar-refractivity contribution in [1.82, 2.24) is 14.8 Å². The number of aryl methyl sites for hydroxylation is 1. The van der Waals surface area contributed by atoms with Gasteiger partial charge in [0.25, 0.3) is 0 Å². The van der Waals surface area contributed by atoms with Gasteiger partial charge in [0.05, 0.1) is 6.20 Å². The van der Waals surface area contributed by atoms with Gasteiger partial charge in [0, 0.05) is 11.3 Å². The normalized spacial score (nSPS) is 10.7. The third-order valence-corrected chi connectivity index (χ3v) is 2.84. The van der Waals surface area contributed by atoms with E-state index in [2.05, 4.69) is 10.1 Å². The first-order chi connectivity index (χ1) is 9.65. The van der Waals surface area contributed by atoms with Crippen molar-refractivity contribution in [2.24, 2.45) is 0 Å². The molecule has 6 heteroatoms. The quantitative estimate of drug-likeness (QED) is 0.790. The van der Waals surface area contributed by atoms with Gasteiger partial charge in [-0.25, -0.2) is 4.79 Å². The zero-order valence-corrected chi connectivity index (χ0v) is 10.6. The lowest BCUT2D eigenvalue weighted by Crippen LogP contribution is -2.02. The van der Waals surface area contributed by atoms with Gasteiger partial charge in [0.15, 0.2) is 11.5 Å². The SMILES string of the molecule is Cc1cc(C(=O)O)nn1-c1ncc(-c2ccccc2)o1. The Morgan fingerprint density at radius 3 is 2.70 bits per heavy atom. The van der Waals surface area contributed by atoms with E-state index in [4.69, 9.17) is 9.52 Å². The van der Waals surface area contributed by atoms with Gasteiger partial charge < -0.3 is 9.52 Å². The van der Waals surface area contributed by atoms with Gasteiger partial charge in [-0.15, -0.1) is 0 Å². The van der Waals surface area contributed by atoms with Crippen LogP contribution >= 0.6 is 0 Å². The van der Waals surface area contributed by atoms with E-state index in [0.717, 1.165) is 5.56 Å². The molecule has 100 valence electrons. The minimum Gasteiger partial charge on any atom is -0.476 e. The van der Waals surface area contributed by atoms with E-state index in [1.54, 1.807) is 13.1 Å². The molecule has 0 fully saturated rings. The Bertz CT molecular complexity index is 759. The first kappa shape index (κ1) is 12.2. The molecular formula is C14H11N3O3. The Labute approximate surface area is 114 Å². The van der Waals surface area contributed by atoms with Crippen LogP contribution < -0.4 is 0 Å². The smallest absolute Gasteiger partial charge is 0.356 e. The monoisotopic (exact) mass is 269 g/mol. The molecule has 3 rings (SSSR count). The molecule has 3 aromatic rings. The lowest BCUT2D eigenvalue weighted by Gasteiger charge is -1.97. The van der Waals surface area contributed by atoms with E-state index in [9.17, 15) is 4.79 Å². The van der Waals surface area contributed by atoms with Gasteiger partial charge in [-0.05, 0) is 13.0 Å². The predicted octanol–water partition coefficient (Wildman–Crippen LogP) is 2.53. The Kier molecular flexibility index (Phi) is 2.83. The highest BCUT2D eigenvalue weighted by Crippen LogP contribution is 2.22. The summed E-state index contributed by atoms with van der Waals surface area (Å²) in [6, 6.07) is 11.2. The number of oxazole rings is 1. The highest BCUT2D eigenvalue weighted by atomic mass is 16.4. The summed E-state index contributed by atoms with van der Waals surface area (Å²) in [6.45, 7) is 1.74. The number of hydrogen-bond donors (Lipinski definition) is 1. The summed E-state index contributed by atoms with van der Waals surface area (Å²) in [6.07, 6.45) is 1.59. The molecule has 0 aliphatic rings. The first-order valence-corrected chi connectivity index (χ1v) is 5.97. The lowest BCUT2D eigenvalue weighted by molar-refractivity contribution is 0.0690. The zero-order valence-electron chi connectivity index (χ0n) is 10.6. The number of aromatic nitrogens is 3. The fourth-order valence-electron chi connectivity index (χ4n) is 1.87. The summed E-state index contributed by atoms with van der Waals surface area (Å²) in [7, 11) is 0. The average molecular weight is 269 g/mol. The molecular weight excluding hydrogens is 258 g/mol. The predicted molar refractivity (Wildman–Crippen MR) is 70.8 cm³/mol. The fraction of sp³-hybridized carbons (Fsp3) is 0.0714. The van der Waals surface area contributed by atoms with E-state index in [1.807, 2.05) is 30.3 Å². The van der Waals surface area contributed by atoms with Crippen LogP contribution in [0.3, 0.4) is 0 Å². The van der Waals surface area contributed by atoms with Crippen LogP contribution in [-0.4, -0.2) is 25.8 Å². The Morgan fingerprint density at radius 1 is 1.30 bits per heavy atom. The van der Waals surface area contributed by atoms with Gasteiger partial charge in [-0.2, -0.15) is 14.8 Å². The molecule has 0 aliphatic carbocycles. The minimum absolute atomic E-state index is 0.0399. The molecule has 2 heterocycles. The fourth-order valence-corrected chi connectivity index (χ4v) is 1.87. The summed E-state index contributed by atoms with van der Waals surface area (Å²) in [4.78, 5) is 15.0. The van der Waals surface area contributed by atoms with E-state index in [0.29, 0.717) is 11.5 Å². The van der Waals surface area contributed by atoms with Crippen molar-refractivity contribution in [2.45, 2.75) is 6.92 Å². The maximum absolute atomic E-state index is 10.9. The van der Waals surface area contributed by atoms with Crippen LogP contribution in [-0.2, 0) is 0 Å². The van der Waals surface area contributed by atoms with Crippen LogP contribution in [0.15, 0.2) is 47.0 Å². The number of nitrogens with zero attached hydrogens (tertiary/aromatic N) is 3. The largest absolute Gasteiger partial charge is 0.476 e. The van der Waals surface area contributed by atoms with E-state index in [-0.39, 0.29) is 11.7 Å². The molecule has 6 nitrogen and oxygen atoms in total. The zero-order chi connectivity index (χ0) is 14.1. The van der Waals surface area contributed by atoms with Crippen LogP contribution in [0, 0.1) is 6.92 Å². The molecule has 0 bridgehead atoms. The maximum Gasteiger partial charge on any atom is 0.356 e. The molecule has 0 saturated heterocycles. The van der Waals surface area contributed by atoms with Crippen LogP contribution in [0.2, 0.25) is 0 Å². The van der Waals surface area contributed by atoms with Crippen molar-refractivity contribution < 1.29 is 14.3 Å². The summed E-state index contributed by atoms with van der Waals surface area (Å²) in [5.41, 5.74) is 1.50. The molecule has 0 aliphatic heterocycles. The topological polar surface area (TPSA) is 81.1 Å². The molecule has 1 aromatic carbocycles. The Hall–Kier alpha value is -2.89. The van der Waals surface area contributed by atoms with Gasteiger partial charge in [-0.3, -0.25) is 0 Å². The van der Waals surface area contributed by atoms with E-state index in [1.165, 1.54) is 10.7 Å². The van der Waals surface area contributed by atoms with E-state index < -0.39 is 5.97 Å². The molecule has 2 aromatic heterocycles. The van der Waals surface area contributed by atoms with Crippen molar-refractivity contribution >= 4 is 5.97 Å². The lowest BCUT2D eigenvalue weighted by atomic mass is 10.2. The summed E-state index contributed by atoms with van der Waals surface area (Å²) < 4.78 is 7.00. The standard InChI is InChI=1S/C14H11N3O3/c1-9-7-11(13(18)19)16-17(9)14-15-8-12(20-14)10-5-3-2-4-6-10/h2-8H,1H3,(H,18,19). The third kappa shape index (κ3) is 2.07. The van der Waals surface area contributed by atoms with Crippen LogP contribution in [0.5, 0.6) is 0 Å². The molecule has 0 atom stereocenters. The van der Waals surface area contributed by atoms with E-state index >= 15 is 0 Å². The molecule has 0 spiro atoms. The third-order valence-electron chi connectivity index (χ3n) is 2.84. The highest BCUT2D eigenvalue weighted by molar-refractivity contribution is 5.85. The number of rotatable bonds is 3. The molecule has 20 heavy (non-hydrogen) atoms. The highest BCUT2D eigenvalue weighted by Gasteiger charge is 2.15. The van der Waals surface area contributed by atoms with Crippen molar-refractivity contribution in [3.63, 3.8) is 0 Å². The number of benzene rings is 1. The van der Waals surface area contributed by atoms with Crippen LogP contribution in [0.4, 0.5) is 0 Å². The summed E-state index contributed by atoms with van der Waals surface area (Å²) in [5.74, 6) is -0.478. The number of carboxylic acids is 1. The van der Waals surface area contributed by atoms with Crippen molar-refractivity contribution in [3.05, 3.63) is 54.0 Å². The second-order valence-electron chi connectivity index (χ2n) is 4.26. The summed E-state index contributed by atoms with van der Waals surface area (Å²) in [5, 5.41) is 12.9. The number of hydrogen-bond acceptors (Lipinski definition) is 4. The molecule has 0 radical (unpaired) electrons. The first-order valence-electron chi connectivity index (χ1n) is 5.97. The number of carbonyl (C=O) groups is 1. The maximum atomic E-state index is 10.9. The second kappa shape index (κ2) is 4.65. The molecule has 1 N–H and O–H groups in total. The Morgan fingerprint density at radius 2 is 2.05 bits per heavy atom. The van der Waals surface area contributed by atoms with Crippen LogP contribution in [0.1, 0.15) is 16.2 Å². The van der Waals surface area contributed by atoms with Gasteiger partial charge >= 0.3 is 12.0 Å². The van der Waals surface area contributed by atoms with Crippen molar-refractivity contribution in [2.75, 3.05) is 0 Å². The van der Waals surface area contributed by atoms with Gasteiger partial charge in [0.2, 0.25) is 0 Å². The van der Waals surface area contributed by atoms with Gasteiger partial charge in [0.1, 0.15) is 0 Å². The average Bonchev–Trinajstić information content (AvgIpc) is 3.06. The minimum atomic E-state index is -1.08. The molecule has 0 unspecified atom stereocenters. The molecule has 0 amide bonds.